The molecule has 0 spiro atoms. The maximum absolute atomic E-state index is 6.63. The van der Waals surface area contributed by atoms with E-state index in [1.807, 2.05) is 0 Å². The van der Waals surface area contributed by atoms with Gasteiger partial charge in [0.2, 0.25) is 0 Å². The highest BCUT2D eigenvalue weighted by Gasteiger charge is 2.51. The summed E-state index contributed by atoms with van der Waals surface area (Å²) in [6.07, 6.45) is 2.01. The molecule has 1 saturated carbocycles. The van der Waals surface area contributed by atoms with Crippen molar-refractivity contribution >= 4 is 26.7 Å². The van der Waals surface area contributed by atoms with Gasteiger partial charge in [0.25, 0.3) is 0 Å². The van der Waals surface area contributed by atoms with Gasteiger partial charge in [0.15, 0.2) is 0 Å². The van der Waals surface area contributed by atoms with Crippen molar-refractivity contribution in [2.45, 2.75) is 24.3 Å². The quantitative estimate of drug-likeness (QED) is 0.703. The Morgan fingerprint density at radius 2 is 1.77 bits per heavy atom. The van der Waals surface area contributed by atoms with E-state index in [-0.39, 0.29) is 5.54 Å². The largest absolute Gasteiger partial charge is 0.324 e. The second-order valence-corrected chi connectivity index (χ2v) is 7.32. The molecule has 110 valence electrons. The average molecular weight is 352 g/mol. The van der Waals surface area contributed by atoms with Crippen molar-refractivity contribution in [3.8, 4) is 0 Å². The van der Waals surface area contributed by atoms with Gasteiger partial charge in [-0.25, -0.2) is 0 Å². The standard InChI is InChI=1S/C20H18BrN/c21-18-7-3-6-17(11-18)19-13-20(19,22)12-14-8-9-15-4-1-2-5-16(15)10-14/h1-11,19H,12-13,22H2/t19-,20+/m0/s1. The van der Waals surface area contributed by atoms with Crippen LogP contribution in [0.3, 0.4) is 0 Å². The Morgan fingerprint density at radius 1 is 0.955 bits per heavy atom. The van der Waals surface area contributed by atoms with Gasteiger partial charge in [0.05, 0.1) is 0 Å². The maximum atomic E-state index is 6.63. The summed E-state index contributed by atoms with van der Waals surface area (Å²) < 4.78 is 1.13. The lowest BCUT2D eigenvalue weighted by molar-refractivity contribution is 0.646. The average Bonchev–Trinajstić information content (AvgIpc) is 3.18. The van der Waals surface area contributed by atoms with E-state index >= 15 is 0 Å². The van der Waals surface area contributed by atoms with E-state index in [2.05, 4.69) is 82.7 Å². The lowest BCUT2D eigenvalue weighted by Gasteiger charge is -2.13. The molecule has 1 nitrogen and oxygen atoms in total. The number of fused-ring (bicyclic) bond motifs is 1. The van der Waals surface area contributed by atoms with Gasteiger partial charge in [-0.1, -0.05) is 70.5 Å². The first-order valence-corrected chi connectivity index (χ1v) is 8.45. The molecule has 4 rings (SSSR count). The van der Waals surface area contributed by atoms with Gasteiger partial charge in [0.1, 0.15) is 0 Å². The normalized spacial score (nSPS) is 23.6. The summed E-state index contributed by atoms with van der Waals surface area (Å²) in [5.74, 6) is 0.469. The molecular formula is C20H18BrN. The number of hydrogen-bond acceptors (Lipinski definition) is 1. The smallest absolute Gasteiger partial charge is 0.0271 e. The van der Waals surface area contributed by atoms with Crippen molar-refractivity contribution in [2.24, 2.45) is 5.73 Å². The molecule has 0 amide bonds. The van der Waals surface area contributed by atoms with Crippen molar-refractivity contribution in [2.75, 3.05) is 0 Å². The fraction of sp³-hybridized carbons (Fsp3) is 0.200. The predicted octanol–water partition coefficient (Wildman–Crippen LogP) is 5.03. The monoisotopic (exact) mass is 351 g/mol. The lowest BCUT2D eigenvalue weighted by Crippen LogP contribution is -2.27. The Labute approximate surface area is 139 Å². The molecule has 1 fully saturated rings. The minimum atomic E-state index is -0.0940. The minimum Gasteiger partial charge on any atom is -0.324 e. The molecule has 2 heteroatoms. The molecule has 0 saturated heterocycles. The molecule has 0 bridgehead atoms. The van der Waals surface area contributed by atoms with Crippen molar-refractivity contribution in [1.82, 2.24) is 0 Å². The molecule has 3 aromatic carbocycles. The van der Waals surface area contributed by atoms with Gasteiger partial charge >= 0.3 is 0 Å². The number of hydrogen-bond donors (Lipinski definition) is 1. The molecule has 2 N–H and O–H groups in total. The summed E-state index contributed by atoms with van der Waals surface area (Å²) >= 11 is 3.55. The van der Waals surface area contributed by atoms with E-state index in [1.165, 1.54) is 21.9 Å². The van der Waals surface area contributed by atoms with Crippen LogP contribution in [0.25, 0.3) is 10.8 Å². The van der Waals surface area contributed by atoms with Crippen LogP contribution >= 0.6 is 15.9 Å². The number of benzene rings is 3. The molecule has 0 unspecified atom stereocenters. The fourth-order valence-electron chi connectivity index (χ4n) is 3.42. The summed E-state index contributed by atoms with van der Waals surface area (Å²) in [4.78, 5) is 0. The zero-order valence-corrected chi connectivity index (χ0v) is 13.9. The Balaban J connectivity index is 1.58. The number of nitrogens with two attached hydrogens (primary N) is 1. The topological polar surface area (TPSA) is 26.0 Å². The Morgan fingerprint density at radius 3 is 2.59 bits per heavy atom. The summed E-state index contributed by atoms with van der Waals surface area (Å²) in [5.41, 5.74) is 9.22. The maximum Gasteiger partial charge on any atom is 0.0271 e. The molecule has 0 heterocycles. The van der Waals surface area contributed by atoms with Gasteiger partial charge in [-0.2, -0.15) is 0 Å². The SMILES string of the molecule is N[C@]1(Cc2ccc3ccccc3c2)C[C@H]1c1cccc(Br)c1. The summed E-state index contributed by atoms with van der Waals surface area (Å²) in [6, 6.07) is 23.7. The van der Waals surface area contributed by atoms with Crippen LogP contribution in [0.2, 0.25) is 0 Å². The molecule has 0 aromatic heterocycles. The second-order valence-electron chi connectivity index (χ2n) is 6.40. The molecule has 0 aliphatic heterocycles. The van der Waals surface area contributed by atoms with Crippen LogP contribution in [-0.4, -0.2) is 5.54 Å². The van der Waals surface area contributed by atoms with E-state index in [0.29, 0.717) is 5.92 Å². The van der Waals surface area contributed by atoms with Crippen LogP contribution in [0.4, 0.5) is 0 Å². The van der Waals surface area contributed by atoms with Crippen molar-refractivity contribution in [3.63, 3.8) is 0 Å². The zero-order chi connectivity index (χ0) is 15.2. The first-order chi connectivity index (χ1) is 10.6. The molecule has 1 aliphatic carbocycles. The van der Waals surface area contributed by atoms with Crippen molar-refractivity contribution in [1.29, 1.82) is 0 Å². The van der Waals surface area contributed by atoms with Gasteiger partial charge in [0, 0.05) is 15.9 Å². The van der Waals surface area contributed by atoms with E-state index in [4.69, 9.17) is 5.73 Å². The molecule has 2 atom stereocenters. The van der Waals surface area contributed by atoms with E-state index in [9.17, 15) is 0 Å². The van der Waals surface area contributed by atoms with Crippen LogP contribution < -0.4 is 5.73 Å². The molecule has 0 radical (unpaired) electrons. The predicted molar refractivity (Wildman–Crippen MR) is 96.1 cm³/mol. The first kappa shape index (κ1) is 14.0. The Kier molecular flexibility index (Phi) is 3.32. The van der Waals surface area contributed by atoms with Crippen LogP contribution in [0.1, 0.15) is 23.5 Å². The lowest BCUT2D eigenvalue weighted by atomic mass is 9.97. The van der Waals surface area contributed by atoms with E-state index in [0.717, 1.165) is 17.3 Å². The highest BCUT2D eigenvalue weighted by Crippen LogP contribution is 2.51. The summed E-state index contributed by atoms with van der Waals surface area (Å²) in [6.45, 7) is 0. The highest BCUT2D eigenvalue weighted by atomic mass is 79.9. The highest BCUT2D eigenvalue weighted by molar-refractivity contribution is 9.10. The van der Waals surface area contributed by atoms with E-state index in [1.54, 1.807) is 0 Å². The molecular weight excluding hydrogens is 334 g/mol. The van der Waals surface area contributed by atoms with Gasteiger partial charge in [-0.3, -0.25) is 0 Å². The number of rotatable bonds is 3. The van der Waals surface area contributed by atoms with Crippen LogP contribution in [-0.2, 0) is 6.42 Å². The Hall–Kier alpha value is -1.64. The minimum absolute atomic E-state index is 0.0940. The second kappa shape index (κ2) is 5.22. The molecule has 3 aromatic rings. The van der Waals surface area contributed by atoms with E-state index < -0.39 is 0 Å². The third kappa shape index (κ3) is 2.57. The molecule has 22 heavy (non-hydrogen) atoms. The Bertz CT molecular complexity index is 842. The summed E-state index contributed by atoms with van der Waals surface area (Å²) in [7, 11) is 0. The van der Waals surface area contributed by atoms with Crippen molar-refractivity contribution in [3.05, 3.63) is 82.3 Å². The van der Waals surface area contributed by atoms with Gasteiger partial charge in [-0.05, 0) is 46.9 Å². The van der Waals surface area contributed by atoms with Crippen LogP contribution in [0.5, 0.6) is 0 Å². The van der Waals surface area contributed by atoms with Crippen LogP contribution in [0, 0.1) is 0 Å². The van der Waals surface area contributed by atoms with Crippen molar-refractivity contribution < 1.29 is 0 Å². The molecule has 1 aliphatic rings. The third-order valence-corrected chi connectivity index (χ3v) is 5.21. The fourth-order valence-corrected chi connectivity index (χ4v) is 3.84. The summed E-state index contributed by atoms with van der Waals surface area (Å²) in [5, 5.41) is 2.58. The third-order valence-electron chi connectivity index (χ3n) is 4.72. The van der Waals surface area contributed by atoms with Gasteiger partial charge < -0.3 is 5.73 Å². The number of halogens is 1. The zero-order valence-electron chi connectivity index (χ0n) is 12.3. The van der Waals surface area contributed by atoms with Gasteiger partial charge in [-0.15, -0.1) is 0 Å². The first-order valence-electron chi connectivity index (χ1n) is 7.66. The van der Waals surface area contributed by atoms with Crippen LogP contribution in [0.15, 0.2) is 71.2 Å².